The van der Waals surface area contributed by atoms with Crippen LogP contribution in [-0.4, -0.2) is 49.6 Å². The van der Waals surface area contributed by atoms with Gasteiger partial charge in [-0.15, -0.1) is 0 Å². The Morgan fingerprint density at radius 2 is 1.78 bits per heavy atom. The van der Waals surface area contributed by atoms with Crippen molar-refractivity contribution in [3.63, 3.8) is 0 Å². The lowest BCUT2D eigenvalue weighted by atomic mass is 10.2. The second-order valence-electron chi connectivity index (χ2n) is 4.58. The van der Waals surface area contributed by atoms with Crippen LogP contribution in [0, 0.1) is 0 Å². The first-order valence-corrected chi connectivity index (χ1v) is 6.72. The second kappa shape index (κ2) is 11.4. The predicted octanol–water partition coefficient (Wildman–Crippen LogP) is 1.66. The van der Waals surface area contributed by atoms with Crippen molar-refractivity contribution in [1.29, 1.82) is 0 Å². The van der Waals surface area contributed by atoms with Crippen molar-refractivity contribution in [2.45, 2.75) is 52.1 Å². The molecule has 0 aromatic heterocycles. The van der Waals surface area contributed by atoms with Gasteiger partial charge in [-0.1, -0.05) is 27.2 Å². The summed E-state index contributed by atoms with van der Waals surface area (Å²) in [6, 6.07) is -0.380. The van der Waals surface area contributed by atoms with E-state index in [4.69, 9.17) is 14.6 Å². The quantitative estimate of drug-likeness (QED) is 0.523. The summed E-state index contributed by atoms with van der Waals surface area (Å²) < 4.78 is 10.7. The minimum atomic E-state index is -0.827. The van der Waals surface area contributed by atoms with Gasteiger partial charge in [0.2, 0.25) is 0 Å². The van der Waals surface area contributed by atoms with Gasteiger partial charge in [0.1, 0.15) is 6.04 Å². The van der Waals surface area contributed by atoms with E-state index < -0.39 is 12.0 Å². The van der Waals surface area contributed by atoms with Crippen LogP contribution in [0.1, 0.15) is 40.0 Å². The SMILES string of the molecule is CCCCOCCOCCC(NC(C)C)C(=O)O. The fraction of sp³-hybridized carbons (Fsp3) is 0.923. The highest BCUT2D eigenvalue weighted by Gasteiger charge is 2.17. The van der Waals surface area contributed by atoms with Crippen molar-refractivity contribution in [2.24, 2.45) is 0 Å². The number of carboxylic acid groups (broad SMARTS) is 1. The van der Waals surface area contributed by atoms with Gasteiger partial charge < -0.3 is 19.9 Å². The number of nitrogens with one attached hydrogen (secondary N) is 1. The number of hydrogen-bond donors (Lipinski definition) is 2. The molecule has 0 heterocycles. The molecule has 5 heteroatoms. The summed E-state index contributed by atoms with van der Waals surface area (Å²) in [5.41, 5.74) is 0. The average Bonchev–Trinajstić information content (AvgIpc) is 2.30. The predicted molar refractivity (Wildman–Crippen MR) is 70.9 cm³/mol. The Kier molecular flexibility index (Phi) is 11.0. The van der Waals surface area contributed by atoms with Crippen LogP contribution in [-0.2, 0) is 14.3 Å². The molecule has 2 N–H and O–H groups in total. The summed E-state index contributed by atoms with van der Waals surface area (Å²) in [6.07, 6.45) is 2.67. The minimum Gasteiger partial charge on any atom is -0.480 e. The summed E-state index contributed by atoms with van der Waals surface area (Å²) in [7, 11) is 0. The molecule has 18 heavy (non-hydrogen) atoms. The Morgan fingerprint density at radius 3 is 2.28 bits per heavy atom. The van der Waals surface area contributed by atoms with Gasteiger partial charge in [0, 0.05) is 19.3 Å². The van der Waals surface area contributed by atoms with E-state index >= 15 is 0 Å². The topological polar surface area (TPSA) is 67.8 Å². The number of carbonyl (C=O) groups is 1. The summed E-state index contributed by atoms with van der Waals surface area (Å²) in [5.74, 6) is -0.827. The highest BCUT2D eigenvalue weighted by atomic mass is 16.5. The molecule has 0 amide bonds. The third-order valence-corrected chi connectivity index (χ3v) is 2.40. The van der Waals surface area contributed by atoms with Crippen LogP contribution in [0.3, 0.4) is 0 Å². The Bertz CT molecular complexity index is 209. The van der Waals surface area contributed by atoms with Crippen molar-refractivity contribution in [2.75, 3.05) is 26.4 Å². The van der Waals surface area contributed by atoms with Crippen molar-refractivity contribution in [1.82, 2.24) is 5.32 Å². The molecule has 0 rings (SSSR count). The van der Waals surface area contributed by atoms with E-state index in [0.29, 0.717) is 26.2 Å². The lowest BCUT2D eigenvalue weighted by Gasteiger charge is -2.17. The van der Waals surface area contributed by atoms with Crippen LogP contribution in [0.25, 0.3) is 0 Å². The Balaban J connectivity index is 3.47. The molecule has 0 aromatic rings. The number of aliphatic carboxylic acids is 1. The fourth-order valence-corrected chi connectivity index (χ4v) is 1.45. The molecular weight excluding hydrogens is 234 g/mol. The molecule has 0 aliphatic rings. The molecule has 0 saturated carbocycles. The van der Waals surface area contributed by atoms with Crippen molar-refractivity contribution in [3.8, 4) is 0 Å². The lowest BCUT2D eigenvalue weighted by Crippen LogP contribution is -2.41. The van der Waals surface area contributed by atoms with Crippen LogP contribution in [0.2, 0.25) is 0 Å². The van der Waals surface area contributed by atoms with E-state index in [1.807, 2.05) is 13.8 Å². The molecule has 0 spiro atoms. The zero-order chi connectivity index (χ0) is 13.8. The van der Waals surface area contributed by atoms with Gasteiger partial charge in [0.05, 0.1) is 13.2 Å². The molecule has 5 nitrogen and oxygen atoms in total. The molecule has 0 aliphatic carbocycles. The number of ether oxygens (including phenoxy) is 2. The molecule has 0 fully saturated rings. The van der Waals surface area contributed by atoms with Crippen LogP contribution in [0.4, 0.5) is 0 Å². The largest absolute Gasteiger partial charge is 0.480 e. The number of unbranched alkanes of at least 4 members (excludes halogenated alkanes) is 1. The summed E-state index contributed by atoms with van der Waals surface area (Å²) in [4.78, 5) is 10.9. The smallest absolute Gasteiger partial charge is 0.320 e. The standard InChI is InChI=1S/C13H27NO4/c1-4-5-7-17-9-10-18-8-6-12(13(15)16)14-11(2)3/h11-12,14H,4-10H2,1-3H3,(H,15,16). The maximum absolute atomic E-state index is 10.9. The van der Waals surface area contributed by atoms with E-state index in [1.54, 1.807) is 0 Å². The maximum atomic E-state index is 10.9. The Hall–Kier alpha value is -0.650. The van der Waals surface area contributed by atoms with Gasteiger partial charge in [-0.3, -0.25) is 4.79 Å². The number of rotatable bonds is 12. The number of hydrogen-bond acceptors (Lipinski definition) is 4. The first kappa shape index (κ1) is 17.4. The van der Waals surface area contributed by atoms with Crippen LogP contribution < -0.4 is 5.32 Å². The highest BCUT2D eigenvalue weighted by molar-refractivity contribution is 5.73. The number of carboxylic acids is 1. The Morgan fingerprint density at radius 1 is 1.17 bits per heavy atom. The molecule has 1 unspecified atom stereocenters. The van der Waals surface area contributed by atoms with Gasteiger partial charge in [-0.05, 0) is 12.8 Å². The van der Waals surface area contributed by atoms with Crippen LogP contribution in [0.15, 0.2) is 0 Å². The fourth-order valence-electron chi connectivity index (χ4n) is 1.45. The van der Waals surface area contributed by atoms with Gasteiger partial charge in [0.15, 0.2) is 0 Å². The van der Waals surface area contributed by atoms with Crippen molar-refractivity contribution < 1.29 is 19.4 Å². The van der Waals surface area contributed by atoms with E-state index in [1.165, 1.54) is 0 Å². The molecule has 0 saturated heterocycles. The first-order chi connectivity index (χ1) is 8.57. The van der Waals surface area contributed by atoms with Crippen molar-refractivity contribution >= 4 is 5.97 Å². The van der Waals surface area contributed by atoms with Crippen LogP contribution >= 0.6 is 0 Å². The van der Waals surface area contributed by atoms with E-state index in [9.17, 15) is 4.79 Å². The lowest BCUT2D eigenvalue weighted by molar-refractivity contribution is -0.140. The van der Waals surface area contributed by atoms with Crippen LogP contribution in [0.5, 0.6) is 0 Å². The highest BCUT2D eigenvalue weighted by Crippen LogP contribution is 1.96. The van der Waals surface area contributed by atoms with Gasteiger partial charge in [0.25, 0.3) is 0 Å². The molecular formula is C13H27NO4. The van der Waals surface area contributed by atoms with Gasteiger partial charge >= 0.3 is 5.97 Å². The second-order valence-corrected chi connectivity index (χ2v) is 4.58. The minimum absolute atomic E-state index is 0.156. The van der Waals surface area contributed by atoms with Gasteiger partial charge in [-0.25, -0.2) is 0 Å². The average molecular weight is 261 g/mol. The third-order valence-electron chi connectivity index (χ3n) is 2.40. The normalized spacial score (nSPS) is 12.9. The Labute approximate surface area is 110 Å². The monoisotopic (exact) mass is 261 g/mol. The van der Waals surface area contributed by atoms with E-state index in [-0.39, 0.29) is 6.04 Å². The molecule has 0 bridgehead atoms. The first-order valence-electron chi connectivity index (χ1n) is 6.72. The molecule has 0 aromatic carbocycles. The van der Waals surface area contributed by atoms with E-state index in [2.05, 4.69) is 12.2 Å². The van der Waals surface area contributed by atoms with Gasteiger partial charge in [-0.2, -0.15) is 0 Å². The zero-order valence-electron chi connectivity index (χ0n) is 11.8. The molecule has 108 valence electrons. The summed E-state index contributed by atoms with van der Waals surface area (Å²) in [5, 5.41) is 12.0. The molecule has 0 radical (unpaired) electrons. The van der Waals surface area contributed by atoms with E-state index in [0.717, 1.165) is 19.4 Å². The summed E-state index contributed by atoms with van der Waals surface area (Å²) in [6.45, 7) is 8.29. The van der Waals surface area contributed by atoms with Crippen molar-refractivity contribution in [3.05, 3.63) is 0 Å². The third kappa shape index (κ3) is 10.5. The molecule has 0 aliphatic heterocycles. The summed E-state index contributed by atoms with van der Waals surface area (Å²) >= 11 is 0. The zero-order valence-corrected chi connectivity index (χ0v) is 11.8. The maximum Gasteiger partial charge on any atom is 0.320 e. The molecule has 1 atom stereocenters.